The minimum absolute atomic E-state index is 0.0650. The summed E-state index contributed by atoms with van der Waals surface area (Å²) in [5.41, 5.74) is 1.85. The molecule has 3 rings (SSSR count). The number of esters is 1. The van der Waals surface area contributed by atoms with E-state index in [-0.39, 0.29) is 24.3 Å². The van der Waals surface area contributed by atoms with Crippen LogP contribution in [0.1, 0.15) is 37.0 Å². The molecule has 1 saturated heterocycles. The van der Waals surface area contributed by atoms with E-state index in [1.54, 1.807) is 12.1 Å². The lowest BCUT2D eigenvalue weighted by Crippen LogP contribution is -2.37. The monoisotopic (exact) mass is 446 g/mol. The summed E-state index contributed by atoms with van der Waals surface area (Å²) < 4.78 is 42.5. The van der Waals surface area contributed by atoms with Crippen LogP contribution in [0, 0.1) is 11.7 Å². The zero-order chi connectivity index (χ0) is 22.9. The molecular formula is C25H31F2NO4. The summed E-state index contributed by atoms with van der Waals surface area (Å²) in [4.78, 5) is 14.3. The largest absolute Gasteiger partial charge is 0.492 e. The molecule has 1 aliphatic rings. The van der Waals surface area contributed by atoms with Crippen LogP contribution >= 0.6 is 0 Å². The smallest absolute Gasteiger partial charge is 0.303 e. The number of nitrogens with zero attached hydrogens (tertiary/aromatic N) is 1. The van der Waals surface area contributed by atoms with Crippen molar-refractivity contribution in [3.05, 3.63) is 59.4 Å². The number of hydrogen-bond donors (Lipinski definition) is 0. The van der Waals surface area contributed by atoms with Crippen molar-refractivity contribution in [2.75, 3.05) is 40.0 Å². The van der Waals surface area contributed by atoms with Gasteiger partial charge in [-0.25, -0.2) is 8.78 Å². The fourth-order valence-corrected chi connectivity index (χ4v) is 4.25. The third-order valence-corrected chi connectivity index (χ3v) is 5.84. The molecule has 0 N–H and O–H groups in total. The first-order chi connectivity index (χ1) is 15.5. The molecule has 1 heterocycles. The van der Waals surface area contributed by atoms with Gasteiger partial charge in [-0.1, -0.05) is 24.3 Å². The molecule has 1 aliphatic heterocycles. The quantitative estimate of drug-likeness (QED) is 0.494. The van der Waals surface area contributed by atoms with E-state index in [1.807, 2.05) is 18.2 Å². The van der Waals surface area contributed by atoms with Crippen LogP contribution in [-0.2, 0) is 16.0 Å². The number of para-hydroxylation sites is 1. The molecule has 5 nitrogen and oxygen atoms in total. The van der Waals surface area contributed by atoms with Crippen LogP contribution in [0.2, 0.25) is 0 Å². The summed E-state index contributed by atoms with van der Waals surface area (Å²) in [5.74, 6) is 0.473. The first-order valence-corrected chi connectivity index (χ1v) is 11.0. The van der Waals surface area contributed by atoms with Crippen LogP contribution in [-0.4, -0.2) is 50.9 Å². The average molecular weight is 447 g/mol. The van der Waals surface area contributed by atoms with E-state index < -0.39 is 12.8 Å². The zero-order valence-corrected chi connectivity index (χ0v) is 18.7. The SMILES string of the molecule is COc1c(OCC[18F])cccc1C(OC(C)=O)C1CCN(CCc2ccc(F)cc2)CC1. The van der Waals surface area contributed by atoms with Gasteiger partial charge in [0.05, 0.1) is 7.11 Å². The van der Waals surface area contributed by atoms with E-state index in [2.05, 4.69) is 4.90 Å². The molecule has 0 spiro atoms. The number of likely N-dealkylation sites (tertiary alicyclic amines) is 1. The normalized spacial score (nSPS) is 15.9. The lowest BCUT2D eigenvalue weighted by Gasteiger charge is -2.36. The van der Waals surface area contributed by atoms with Crippen molar-refractivity contribution >= 4 is 5.97 Å². The Morgan fingerprint density at radius 3 is 2.50 bits per heavy atom. The van der Waals surface area contributed by atoms with E-state index in [0.717, 1.165) is 50.0 Å². The molecule has 32 heavy (non-hydrogen) atoms. The Hall–Kier alpha value is -2.67. The number of ether oxygens (including phenoxy) is 3. The number of methoxy groups -OCH3 is 1. The van der Waals surface area contributed by atoms with Crippen LogP contribution in [0.3, 0.4) is 0 Å². The number of carbonyl (C=O) groups is 1. The van der Waals surface area contributed by atoms with Crippen molar-refractivity contribution in [3.63, 3.8) is 0 Å². The summed E-state index contributed by atoms with van der Waals surface area (Å²) in [6.07, 6.45) is 2.12. The second kappa shape index (κ2) is 11.8. The molecule has 0 bridgehead atoms. The van der Waals surface area contributed by atoms with Crippen molar-refractivity contribution in [2.45, 2.75) is 32.3 Å². The average Bonchev–Trinajstić information content (AvgIpc) is 2.81. The van der Waals surface area contributed by atoms with E-state index >= 15 is 0 Å². The van der Waals surface area contributed by atoms with Crippen LogP contribution in [0.25, 0.3) is 0 Å². The number of benzene rings is 2. The first kappa shape index (κ1) is 24.0. The lowest BCUT2D eigenvalue weighted by atomic mass is 9.86. The van der Waals surface area contributed by atoms with Crippen LogP contribution in [0.4, 0.5) is 8.78 Å². The van der Waals surface area contributed by atoms with Gasteiger partial charge in [-0.2, -0.15) is 0 Å². The molecule has 2 aromatic carbocycles. The third-order valence-electron chi connectivity index (χ3n) is 5.84. The molecule has 7 heteroatoms. The predicted octanol–water partition coefficient (Wildman–Crippen LogP) is 4.74. The summed E-state index contributed by atoms with van der Waals surface area (Å²) in [7, 11) is 1.53. The maximum Gasteiger partial charge on any atom is 0.303 e. The van der Waals surface area contributed by atoms with E-state index in [0.29, 0.717) is 11.5 Å². The summed E-state index contributed by atoms with van der Waals surface area (Å²) in [6.45, 7) is 3.39. The van der Waals surface area contributed by atoms with Crippen LogP contribution in [0.5, 0.6) is 11.5 Å². The molecule has 0 aliphatic carbocycles. The number of carbonyl (C=O) groups excluding carboxylic acids is 1. The number of rotatable bonds is 10. The second-order valence-corrected chi connectivity index (χ2v) is 8.00. The van der Waals surface area contributed by atoms with Gasteiger partial charge in [0.1, 0.15) is 25.2 Å². The molecule has 1 atom stereocenters. The van der Waals surface area contributed by atoms with Gasteiger partial charge in [-0.15, -0.1) is 0 Å². The molecule has 0 amide bonds. The highest BCUT2D eigenvalue weighted by Crippen LogP contribution is 2.42. The number of piperidine rings is 1. The second-order valence-electron chi connectivity index (χ2n) is 8.00. The van der Waals surface area contributed by atoms with Crippen molar-refractivity contribution in [1.29, 1.82) is 0 Å². The Morgan fingerprint density at radius 2 is 1.88 bits per heavy atom. The summed E-state index contributed by atoms with van der Waals surface area (Å²) in [6, 6.07) is 12.0. The fraction of sp³-hybridized carbons (Fsp3) is 0.480. The van der Waals surface area contributed by atoms with E-state index in [1.165, 1.54) is 26.2 Å². The minimum Gasteiger partial charge on any atom is -0.492 e. The number of halogens is 2. The van der Waals surface area contributed by atoms with Gasteiger partial charge in [0, 0.05) is 24.9 Å². The predicted molar refractivity (Wildman–Crippen MR) is 118 cm³/mol. The molecule has 174 valence electrons. The highest BCUT2D eigenvalue weighted by molar-refractivity contribution is 5.66. The van der Waals surface area contributed by atoms with Crippen LogP contribution < -0.4 is 9.47 Å². The molecule has 0 saturated carbocycles. The molecule has 0 aromatic heterocycles. The van der Waals surface area contributed by atoms with Gasteiger partial charge in [0.2, 0.25) is 0 Å². The Morgan fingerprint density at radius 1 is 1.16 bits per heavy atom. The fourth-order valence-electron chi connectivity index (χ4n) is 4.25. The topological polar surface area (TPSA) is 48.0 Å². The van der Waals surface area contributed by atoms with Gasteiger partial charge in [0.25, 0.3) is 0 Å². The van der Waals surface area contributed by atoms with Gasteiger partial charge in [0.15, 0.2) is 11.5 Å². The van der Waals surface area contributed by atoms with Crippen molar-refractivity contribution in [3.8, 4) is 11.5 Å². The van der Waals surface area contributed by atoms with E-state index in [9.17, 15) is 13.6 Å². The minimum atomic E-state index is -0.600. The molecule has 1 fully saturated rings. The molecular weight excluding hydrogens is 415 g/mol. The van der Waals surface area contributed by atoms with Gasteiger partial charge in [-0.05, 0) is 56.1 Å². The Balaban J connectivity index is 1.67. The molecule has 1 unspecified atom stereocenters. The Bertz CT molecular complexity index is 867. The summed E-state index contributed by atoms with van der Waals surface area (Å²) in [5, 5.41) is 0. The number of alkyl halides is 1. The van der Waals surface area contributed by atoms with Crippen molar-refractivity contribution in [1.82, 2.24) is 4.90 Å². The zero-order valence-electron chi connectivity index (χ0n) is 18.7. The summed E-state index contributed by atoms with van der Waals surface area (Å²) >= 11 is 0. The van der Waals surface area contributed by atoms with Gasteiger partial charge < -0.3 is 19.1 Å². The number of hydrogen-bond acceptors (Lipinski definition) is 5. The molecule has 0 radical (unpaired) electrons. The standard InChI is InChI=1S/C25H31F2NO4/c1-18(29)32-24(22-4-3-5-23(25(22)30-2)31-17-13-26)20-11-15-28(16-12-20)14-10-19-6-8-21(27)9-7-19/h3-9,20,24H,10-17H2,1-2H3/i26-1. The highest BCUT2D eigenvalue weighted by atomic mass is 19.1. The molecule has 2 aromatic rings. The van der Waals surface area contributed by atoms with Crippen molar-refractivity contribution in [2.24, 2.45) is 5.92 Å². The van der Waals surface area contributed by atoms with Crippen LogP contribution in [0.15, 0.2) is 42.5 Å². The maximum atomic E-state index is 13.1. The maximum absolute atomic E-state index is 13.1. The van der Waals surface area contributed by atoms with Crippen molar-refractivity contribution < 1.29 is 27.8 Å². The van der Waals surface area contributed by atoms with E-state index in [4.69, 9.17) is 14.2 Å². The Kier molecular flexibility index (Phi) is 8.85. The van der Waals surface area contributed by atoms with Gasteiger partial charge >= 0.3 is 5.97 Å². The first-order valence-electron chi connectivity index (χ1n) is 11.0. The van der Waals surface area contributed by atoms with Gasteiger partial charge in [-0.3, -0.25) is 4.79 Å². The lowest BCUT2D eigenvalue weighted by molar-refractivity contribution is -0.150. The highest BCUT2D eigenvalue weighted by Gasteiger charge is 2.32. The Labute approximate surface area is 188 Å². The third kappa shape index (κ3) is 6.42.